The van der Waals surface area contributed by atoms with E-state index in [1.165, 1.54) is 0 Å². The number of halogens is 3. The minimum Gasteiger partial charge on any atom is -0.328 e. The molecule has 1 aliphatic rings. The summed E-state index contributed by atoms with van der Waals surface area (Å²) in [5, 5.41) is -2.51. The van der Waals surface area contributed by atoms with Gasteiger partial charge in [-0.05, 0) is 11.6 Å². The van der Waals surface area contributed by atoms with Crippen molar-refractivity contribution in [3.8, 4) is 0 Å². The van der Waals surface area contributed by atoms with Gasteiger partial charge in [-0.25, -0.2) is 4.39 Å². The Morgan fingerprint density at radius 2 is 2.29 bits per heavy atom. The van der Waals surface area contributed by atoms with Crippen LogP contribution in [-0.4, -0.2) is 18.1 Å². The van der Waals surface area contributed by atoms with E-state index in [9.17, 15) is 8.78 Å². The number of ether oxygens (including phenoxy) is 1. The second-order valence-corrected chi connectivity index (χ2v) is 1.86. The molecule has 0 spiro atoms. The zero-order valence-corrected chi connectivity index (χ0v) is 4.08. The maximum absolute atomic E-state index is 11.8. The molecule has 1 aliphatic heterocycles. The smallest absolute Gasteiger partial charge is 0.320 e. The molecule has 2 atom stereocenters. The zero-order chi connectivity index (χ0) is 5.49. The van der Waals surface area contributed by atoms with Crippen LogP contribution in [-0.2, 0) is 4.74 Å². The maximum atomic E-state index is 11.8. The van der Waals surface area contributed by atoms with Gasteiger partial charge in [0.05, 0.1) is 6.61 Å². The van der Waals surface area contributed by atoms with Crippen LogP contribution in [0.15, 0.2) is 0 Å². The minimum atomic E-state index is -2.51. The summed E-state index contributed by atoms with van der Waals surface area (Å²) in [4.78, 5) is 0. The molecule has 4 heteroatoms. The Kier molecular flexibility index (Phi) is 0.970. The Bertz CT molecular complexity index is 85.0. The quantitative estimate of drug-likeness (QED) is 0.446. The lowest BCUT2D eigenvalue weighted by Crippen LogP contribution is -2.47. The molecule has 42 valence electrons. The first-order valence-electron chi connectivity index (χ1n) is 1.79. The first kappa shape index (κ1) is 5.25. The second kappa shape index (κ2) is 1.29. The predicted molar refractivity (Wildman–Crippen MR) is 20.5 cm³/mol. The molecule has 0 saturated carbocycles. The van der Waals surface area contributed by atoms with E-state index in [4.69, 9.17) is 11.6 Å². The van der Waals surface area contributed by atoms with E-state index < -0.39 is 11.5 Å². The monoisotopic (exact) mass is 128 g/mol. The molecule has 2 unspecified atom stereocenters. The Labute approximate surface area is 44.2 Å². The van der Waals surface area contributed by atoms with Gasteiger partial charge in [-0.2, -0.15) is 4.39 Å². The maximum Gasteiger partial charge on any atom is 0.320 e. The molecule has 1 heterocycles. The van der Waals surface area contributed by atoms with Gasteiger partial charge in [0.1, 0.15) is 0 Å². The third kappa shape index (κ3) is 0.704. The lowest BCUT2D eigenvalue weighted by Gasteiger charge is -2.31. The third-order valence-corrected chi connectivity index (χ3v) is 1.13. The van der Waals surface area contributed by atoms with Crippen LogP contribution < -0.4 is 0 Å². The van der Waals surface area contributed by atoms with E-state index in [0.717, 1.165) is 0 Å². The van der Waals surface area contributed by atoms with Gasteiger partial charge >= 0.3 is 5.31 Å². The van der Waals surface area contributed by atoms with Crippen molar-refractivity contribution in [3.63, 3.8) is 0 Å². The highest BCUT2D eigenvalue weighted by Gasteiger charge is 2.48. The highest BCUT2D eigenvalue weighted by molar-refractivity contribution is 6.22. The summed E-state index contributed by atoms with van der Waals surface area (Å²) >= 11 is 4.69. The first-order valence-corrected chi connectivity index (χ1v) is 2.16. The van der Waals surface area contributed by atoms with Gasteiger partial charge in [0.15, 0.2) is 6.17 Å². The minimum absolute atomic E-state index is 0.222. The van der Waals surface area contributed by atoms with Crippen molar-refractivity contribution < 1.29 is 13.5 Å². The van der Waals surface area contributed by atoms with Gasteiger partial charge in [0.25, 0.3) is 0 Å². The molecule has 0 bridgehead atoms. The molecule has 0 radical (unpaired) electrons. The Balaban J connectivity index is 2.43. The van der Waals surface area contributed by atoms with Gasteiger partial charge < -0.3 is 4.74 Å². The average molecular weight is 129 g/mol. The summed E-state index contributed by atoms with van der Waals surface area (Å²) in [6.07, 6.45) is -1.64. The highest BCUT2D eigenvalue weighted by atomic mass is 35.5. The SMILES string of the molecule is FC1COC1(F)Cl. The molecular weight excluding hydrogens is 125 g/mol. The van der Waals surface area contributed by atoms with Crippen molar-refractivity contribution in [2.45, 2.75) is 11.5 Å². The lowest BCUT2D eigenvalue weighted by molar-refractivity contribution is -0.227. The number of rotatable bonds is 0. The summed E-state index contributed by atoms with van der Waals surface area (Å²) in [6.45, 7) is -0.222. The van der Waals surface area contributed by atoms with Crippen LogP contribution >= 0.6 is 11.6 Å². The lowest BCUT2D eigenvalue weighted by atomic mass is 10.3. The van der Waals surface area contributed by atoms with Crippen molar-refractivity contribution in [1.29, 1.82) is 0 Å². The fourth-order valence-corrected chi connectivity index (χ4v) is 0.398. The van der Waals surface area contributed by atoms with E-state index in [1.807, 2.05) is 0 Å². The van der Waals surface area contributed by atoms with Crippen LogP contribution in [0.25, 0.3) is 0 Å². The van der Waals surface area contributed by atoms with Crippen LogP contribution in [0.3, 0.4) is 0 Å². The predicted octanol–water partition coefficient (Wildman–Crippen LogP) is 1.22. The van der Waals surface area contributed by atoms with Crippen LogP contribution in [0, 0.1) is 0 Å². The van der Waals surface area contributed by atoms with E-state index >= 15 is 0 Å². The van der Waals surface area contributed by atoms with Crippen molar-refractivity contribution in [2.75, 3.05) is 6.61 Å². The molecule has 0 aromatic rings. The largest absolute Gasteiger partial charge is 0.328 e. The fourth-order valence-electron chi connectivity index (χ4n) is 0.272. The second-order valence-electron chi connectivity index (χ2n) is 1.34. The molecule has 0 aromatic carbocycles. The van der Waals surface area contributed by atoms with E-state index in [0.29, 0.717) is 0 Å². The normalized spacial score (nSPS) is 51.0. The third-order valence-electron chi connectivity index (χ3n) is 0.787. The summed E-state index contributed by atoms with van der Waals surface area (Å²) in [6, 6.07) is 0. The van der Waals surface area contributed by atoms with Crippen molar-refractivity contribution in [2.24, 2.45) is 0 Å². The van der Waals surface area contributed by atoms with E-state index in [1.54, 1.807) is 0 Å². The Morgan fingerprint density at radius 3 is 2.29 bits per heavy atom. The topological polar surface area (TPSA) is 9.23 Å². The standard InChI is InChI=1S/C3H3ClF2O/c4-3(6)2(5)1-7-3/h2H,1H2. The summed E-state index contributed by atoms with van der Waals surface area (Å²) in [5.74, 6) is 0. The van der Waals surface area contributed by atoms with Gasteiger partial charge in [-0.3, -0.25) is 0 Å². The van der Waals surface area contributed by atoms with E-state index in [2.05, 4.69) is 4.74 Å². The van der Waals surface area contributed by atoms with Crippen LogP contribution in [0.5, 0.6) is 0 Å². The number of hydrogen-bond acceptors (Lipinski definition) is 1. The summed E-state index contributed by atoms with van der Waals surface area (Å²) in [5.41, 5.74) is 0. The van der Waals surface area contributed by atoms with E-state index in [-0.39, 0.29) is 6.61 Å². The van der Waals surface area contributed by atoms with Gasteiger partial charge in [0, 0.05) is 0 Å². The molecule has 1 saturated heterocycles. The summed E-state index contributed by atoms with van der Waals surface area (Å²) in [7, 11) is 0. The highest BCUT2D eigenvalue weighted by Crippen LogP contribution is 2.34. The van der Waals surface area contributed by atoms with Gasteiger partial charge in [-0.1, -0.05) is 0 Å². The van der Waals surface area contributed by atoms with Crippen molar-refractivity contribution >= 4 is 11.6 Å². The Morgan fingerprint density at radius 1 is 1.86 bits per heavy atom. The Hall–Kier alpha value is 0.110. The molecule has 0 N–H and O–H groups in total. The van der Waals surface area contributed by atoms with Gasteiger partial charge in [0.2, 0.25) is 0 Å². The fraction of sp³-hybridized carbons (Fsp3) is 1.00. The zero-order valence-electron chi connectivity index (χ0n) is 3.33. The molecule has 0 aromatic heterocycles. The molecular formula is C3H3ClF2O. The van der Waals surface area contributed by atoms with Crippen LogP contribution in [0.2, 0.25) is 0 Å². The van der Waals surface area contributed by atoms with Crippen LogP contribution in [0.1, 0.15) is 0 Å². The van der Waals surface area contributed by atoms with Crippen molar-refractivity contribution in [1.82, 2.24) is 0 Å². The van der Waals surface area contributed by atoms with Crippen molar-refractivity contribution in [3.05, 3.63) is 0 Å². The average Bonchev–Trinajstić information content (AvgIpc) is 1.63. The summed E-state index contributed by atoms with van der Waals surface area (Å²) < 4.78 is 27.4. The molecule has 0 amide bonds. The first-order chi connectivity index (χ1) is 3.13. The molecule has 1 rings (SSSR count). The molecule has 7 heavy (non-hydrogen) atoms. The molecule has 0 aliphatic carbocycles. The van der Waals surface area contributed by atoms with Crippen LogP contribution in [0.4, 0.5) is 8.78 Å². The van der Waals surface area contributed by atoms with Gasteiger partial charge in [-0.15, -0.1) is 0 Å². The number of hydrogen-bond donors (Lipinski definition) is 0. The number of alkyl halides is 3. The molecule has 1 fully saturated rings. The molecule has 1 nitrogen and oxygen atoms in total.